The summed E-state index contributed by atoms with van der Waals surface area (Å²) in [6.45, 7) is 6.76. The van der Waals surface area contributed by atoms with Gasteiger partial charge in [0.2, 0.25) is 5.43 Å². The fraction of sp³-hybridized carbons (Fsp3) is 0.500. The lowest BCUT2D eigenvalue weighted by atomic mass is 9.78. The summed E-state index contributed by atoms with van der Waals surface area (Å²) >= 11 is 0. The highest BCUT2D eigenvalue weighted by molar-refractivity contribution is 5.94. The Hall–Kier alpha value is -2.71. The molecule has 1 saturated heterocycles. The molecule has 0 unspecified atom stereocenters. The monoisotopic (exact) mass is 445 g/mol. The number of methoxy groups -OCH3 is 2. The molecule has 0 spiro atoms. The van der Waals surface area contributed by atoms with E-state index >= 15 is 4.39 Å². The third-order valence-electron chi connectivity index (χ3n) is 6.23. The first-order chi connectivity index (χ1) is 15.2. The van der Waals surface area contributed by atoms with Crippen molar-refractivity contribution in [3.05, 3.63) is 45.5 Å². The molecule has 2 aromatic rings. The third-order valence-corrected chi connectivity index (χ3v) is 6.23. The number of aromatic nitrogens is 1. The SMILES string of the molecule is COCCCOc1cc2c(cc1OC)-c1c(F)c(=O)c(C(C)=O)cn1[C@H]1[C@@H]2OCC1(C)C. The molecule has 3 heterocycles. The van der Waals surface area contributed by atoms with Gasteiger partial charge in [-0.05, 0) is 24.6 Å². The van der Waals surface area contributed by atoms with E-state index in [2.05, 4.69) is 0 Å². The van der Waals surface area contributed by atoms with Crippen molar-refractivity contribution in [3.63, 3.8) is 0 Å². The van der Waals surface area contributed by atoms with Gasteiger partial charge in [-0.2, -0.15) is 0 Å². The summed E-state index contributed by atoms with van der Waals surface area (Å²) in [6, 6.07) is 3.19. The average Bonchev–Trinajstić information content (AvgIpc) is 3.08. The predicted molar refractivity (Wildman–Crippen MR) is 116 cm³/mol. The van der Waals surface area contributed by atoms with Crippen molar-refractivity contribution < 1.29 is 28.1 Å². The highest BCUT2D eigenvalue weighted by Crippen LogP contribution is 2.56. The van der Waals surface area contributed by atoms with Crippen LogP contribution < -0.4 is 14.9 Å². The van der Waals surface area contributed by atoms with Crippen LogP contribution in [-0.4, -0.2) is 44.4 Å². The van der Waals surface area contributed by atoms with Gasteiger partial charge in [0.15, 0.2) is 23.1 Å². The number of fused-ring (bicyclic) bond motifs is 6. The van der Waals surface area contributed by atoms with E-state index in [0.717, 1.165) is 5.56 Å². The lowest BCUT2D eigenvalue weighted by Crippen LogP contribution is -2.34. The molecular weight excluding hydrogens is 417 g/mol. The van der Waals surface area contributed by atoms with Crippen LogP contribution in [0.4, 0.5) is 4.39 Å². The number of carbonyl (C=O) groups excluding carboxylic acids is 1. The first-order valence-corrected chi connectivity index (χ1v) is 10.6. The van der Waals surface area contributed by atoms with Gasteiger partial charge in [0.25, 0.3) is 0 Å². The fourth-order valence-corrected chi connectivity index (χ4v) is 4.68. The summed E-state index contributed by atoms with van der Waals surface area (Å²) < 4.78 is 39.9. The Kier molecular flexibility index (Phi) is 5.85. The number of Topliss-reactive ketones (excluding diaryl/α,β-unsaturated/α-hetero) is 1. The first-order valence-electron chi connectivity index (χ1n) is 10.6. The lowest BCUT2D eigenvalue weighted by molar-refractivity contribution is 0.0881. The number of hydrogen-bond donors (Lipinski definition) is 0. The van der Waals surface area contributed by atoms with Gasteiger partial charge < -0.3 is 23.5 Å². The van der Waals surface area contributed by atoms with Crippen LogP contribution in [0.5, 0.6) is 11.5 Å². The molecule has 0 radical (unpaired) electrons. The molecule has 172 valence electrons. The smallest absolute Gasteiger partial charge is 0.228 e. The summed E-state index contributed by atoms with van der Waals surface area (Å²) in [5.41, 5.74) is -0.0535. The highest BCUT2D eigenvalue weighted by atomic mass is 19.1. The molecule has 1 fully saturated rings. The Morgan fingerprint density at radius 2 is 2.00 bits per heavy atom. The predicted octanol–water partition coefficient (Wildman–Crippen LogP) is 3.93. The van der Waals surface area contributed by atoms with Crippen LogP contribution >= 0.6 is 0 Å². The number of benzene rings is 1. The number of halogens is 1. The molecule has 0 N–H and O–H groups in total. The summed E-state index contributed by atoms with van der Waals surface area (Å²) in [5.74, 6) is -0.478. The van der Waals surface area contributed by atoms with E-state index in [1.807, 2.05) is 19.9 Å². The Morgan fingerprint density at radius 3 is 2.66 bits per heavy atom. The van der Waals surface area contributed by atoms with Gasteiger partial charge in [-0.15, -0.1) is 0 Å². The van der Waals surface area contributed by atoms with Gasteiger partial charge in [-0.1, -0.05) is 13.8 Å². The molecule has 4 rings (SSSR count). The minimum absolute atomic E-state index is 0.138. The molecule has 0 amide bonds. The molecule has 7 nitrogen and oxygen atoms in total. The van der Waals surface area contributed by atoms with Crippen LogP contribution in [0.15, 0.2) is 23.1 Å². The van der Waals surface area contributed by atoms with Gasteiger partial charge in [-0.3, -0.25) is 9.59 Å². The molecule has 2 aliphatic heterocycles. The van der Waals surface area contributed by atoms with Crippen molar-refractivity contribution in [2.45, 2.75) is 39.3 Å². The van der Waals surface area contributed by atoms with Crippen LogP contribution in [0.3, 0.4) is 0 Å². The topological polar surface area (TPSA) is 76.0 Å². The third kappa shape index (κ3) is 3.51. The van der Waals surface area contributed by atoms with Crippen molar-refractivity contribution in [2.75, 3.05) is 34.0 Å². The molecule has 0 bridgehead atoms. The normalized spacial score (nSPS) is 20.3. The maximum atomic E-state index is 15.5. The van der Waals surface area contributed by atoms with Gasteiger partial charge in [0.1, 0.15) is 6.10 Å². The van der Waals surface area contributed by atoms with Crippen LogP contribution in [0.25, 0.3) is 11.3 Å². The van der Waals surface area contributed by atoms with Crippen LogP contribution in [0.2, 0.25) is 0 Å². The maximum Gasteiger partial charge on any atom is 0.228 e. The Morgan fingerprint density at radius 1 is 1.25 bits per heavy atom. The molecule has 0 saturated carbocycles. The zero-order chi connectivity index (χ0) is 23.2. The van der Waals surface area contributed by atoms with Crippen LogP contribution in [-0.2, 0) is 9.47 Å². The quantitative estimate of drug-likeness (QED) is 0.475. The second kappa shape index (κ2) is 8.33. The number of ketones is 1. The second-order valence-electron chi connectivity index (χ2n) is 8.95. The van der Waals surface area contributed by atoms with Gasteiger partial charge in [0.05, 0.1) is 37.6 Å². The maximum absolute atomic E-state index is 15.5. The van der Waals surface area contributed by atoms with Crippen molar-refractivity contribution in [2.24, 2.45) is 5.41 Å². The molecule has 1 aromatic carbocycles. The first kappa shape index (κ1) is 22.5. The van der Waals surface area contributed by atoms with E-state index in [-0.39, 0.29) is 28.8 Å². The summed E-state index contributed by atoms with van der Waals surface area (Å²) in [7, 11) is 3.14. The van der Waals surface area contributed by atoms with E-state index in [1.54, 1.807) is 17.7 Å². The molecule has 8 heteroatoms. The number of rotatable bonds is 7. The van der Waals surface area contributed by atoms with E-state index in [0.29, 0.717) is 43.3 Å². The number of pyridine rings is 1. The van der Waals surface area contributed by atoms with Crippen molar-refractivity contribution in [1.29, 1.82) is 0 Å². The molecule has 32 heavy (non-hydrogen) atoms. The second-order valence-corrected chi connectivity index (χ2v) is 8.95. The van der Waals surface area contributed by atoms with Crippen LogP contribution in [0.1, 0.15) is 55.3 Å². The van der Waals surface area contributed by atoms with Crippen molar-refractivity contribution in [1.82, 2.24) is 4.57 Å². The number of ether oxygens (including phenoxy) is 4. The fourth-order valence-electron chi connectivity index (χ4n) is 4.68. The minimum atomic E-state index is -0.948. The number of carbonyl (C=O) groups is 1. The molecular formula is C24H28FNO6. The van der Waals surface area contributed by atoms with Gasteiger partial charge >= 0.3 is 0 Å². The van der Waals surface area contributed by atoms with Crippen LogP contribution in [0, 0.1) is 11.2 Å². The van der Waals surface area contributed by atoms with E-state index < -0.39 is 17.0 Å². The molecule has 2 aliphatic rings. The zero-order valence-corrected chi connectivity index (χ0v) is 19.0. The number of hydrogen-bond acceptors (Lipinski definition) is 6. The molecule has 0 aliphatic carbocycles. The Labute approximate surface area is 186 Å². The van der Waals surface area contributed by atoms with E-state index in [4.69, 9.17) is 18.9 Å². The minimum Gasteiger partial charge on any atom is -0.493 e. The summed E-state index contributed by atoms with van der Waals surface area (Å²) in [6.07, 6.45) is 1.79. The van der Waals surface area contributed by atoms with E-state index in [9.17, 15) is 9.59 Å². The highest BCUT2D eigenvalue weighted by Gasteiger charge is 2.50. The van der Waals surface area contributed by atoms with E-state index in [1.165, 1.54) is 20.2 Å². The summed E-state index contributed by atoms with van der Waals surface area (Å²) in [5, 5.41) is 0. The average molecular weight is 445 g/mol. The Bertz CT molecular complexity index is 1120. The largest absolute Gasteiger partial charge is 0.493 e. The molecule has 2 atom stereocenters. The molecule has 1 aromatic heterocycles. The Balaban J connectivity index is 1.94. The van der Waals surface area contributed by atoms with Crippen molar-refractivity contribution in [3.8, 4) is 22.8 Å². The van der Waals surface area contributed by atoms with Gasteiger partial charge in [-0.25, -0.2) is 4.39 Å². The standard InChI is InChI=1S/C24H28FNO6/c1-13(27)16-11-26-20(19(25)21(16)28)14-9-17(30-5)18(31-8-6-7-29-4)10-15(14)22-23(26)24(2,3)12-32-22/h9-11,22-23H,6-8,12H2,1-5H3/t22-,23+/m1/s1. The zero-order valence-electron chi connectivity index (χ0n) is 19.0. The van der Waals surface area contributed by atoms with Crippen molar-refractivity contribution >= 4 is 5.78 Å². The van der Waals surface area contributed by atoms with Gasteiger partial charge in [0, 0.05) is 37.3 Å². The number of nitrogens with zero attached hydrogens (tertiary/aromatic N) is 1. The lowest BCUT2D eigenvalue weighted by Gasteiger charge is -2.38. The summed E-state index contributed by atoms with van der Waals surface area (Å²) in [4.78, 5) is 24.7.